The van der Waals surface area contributed by atoms with Gasteiger partial charge in [-0.25, -0.2) is 0 Å². The van der Waals surface area contributed by atoms with Crippen LogP contribution >= 0.6 is 0 Å². The van der Waals surface area contributed by atoms with Crippen LogP contribution in [0.25, 0.3) is 5.76 Å². The van der Waals surface area contributed by atoms with Crippen molar-refractivity contribution >= 4 is 19.8 Å². The van der Waals surface area contributed by atoms with Crippen molar-refractivity contribution in [3.05, 3.63) is 86.0 Å². The van der Waals surface area contributed by atoms with Gasteiger partial charge in [0.25, 0.3) is 5.69 Å². The second kappa shape index (κ2) is 9.33. The number of benzene rings is 2. The molecule has 0 heterocycles. The summed E-state index contributed by atoms with van der Waals surface area (Å²) >= 11 is 0. The van der Waals surface area contributed by atoms with Crippen LogP contribution in [0, 0.1) is 20.2 Å². The van der Waals surface area contributed by atoms with E-state index in [4.69, 9.17) is 9.16 Å². The van der Waals surface area contributed by atoms with Gasteiger partial charge in [-0.05, 0) is 55.5 Å². The molecule has 0 aliphatic heterocycles. The molecule has 0 aliphatic carbocycles. The highest BCUT2D eigenvalue weighted by Crippen LogP contribution is 2.29. The molecule has 8 nitrogen and oxygen atoms in total. The maximum atomic E-state index is 11.3. The fourth-order valence-corrected chi connectivity index (χ4v) is 3.56. The molecule has 29 heavy (non-hydrogen) atoms. The summed E-state index contributed by atoms with van der Waals surface area (Å²) in [6, 6.07) is 13.1. The maximum absolute atomic E-state index is 11.3. The molecule has 0 spiro atoms. The Bertz CT molecular complexity index is 889. The van der Waals surface area contributed by atoms with Crippen LogP contribution in [0.1, 0.15) is 17.0 Å². The number of hydrogen-bond acceptors (Lipinski definition) is 6. The standard InChI is InChI=1S/C20H24N2O6Si/c1-27-19-11-7-15(8-12-19)17(14-21(23)24)13-20(28-29(2,3)4)16-5-9-18(10-6-16)22(25)26/h5-13,17H,14H2,1-4H3/b20-13-. The summed E-state index contributed by atoms with van der Waals surface area (Å²) in [4.78, 5) is 21.4. The fraction of sp³-hybridized carbons (Fsp3) is 0.300. The van der Waals surface area contributed by atoms with Crippen molar-refractivity contribution in [3.63, 3.8) is 0 Å². The number of nitrogens with zero attached hydrogens (tertiary/aromatic N) is 2. The van der Waals surface area contributed by atoms with E-state index in [0.717, 1.165) is 5.56 Å². The van der Waals surface area contributed by atoms with Crippen LogP contribution in [0.4, 0.5) is 5.69 Å². The second-order valence-corrected chi connectivity index (χ2v) is 11.9. The fourth-order valence-electron chi connectivity index (χ4n) is 2.72. The first-order valence-corrected chi connectivity index (χ1v) is 12.4. The zero-order valence-corrected chi connectivity index (χ0v) is 17.8. The summed E-state index contributed by atoms with van der Waals surface area (Å²) in [5.41, 5.74) is 1.36. The Kier molecular flexibility index (Phi) is 7.11. The van der Waals surface area contributed by atoms with Crippen molar-refractivity contribution in [1.82, 2.24) is 0 Å². The van der Waals surface area contributed by atoms with Crippen molar-refractivity contribution in [2.75, 3.05) is 13.7 Å². The van der Waals surface area contributed by atoms with Gasteiger partial charge in [-0.1, -0.05) is 12.1 Å². The van der Waals surface area contributed by atoms with E-state index in [1.807, 2.05) is 19.6 Å². The Balaban J connectivity index is 2.50. The van der Waals surface area contributed by atoms with Gasteiger partial charge < -0.3 is 9.16 Å². The van der Waals surface area contributed by atoms with E-state index in [9.17, 15) is 20.2 Å². The summed E-state index contributed by atoms with van der Waals surface area (Å²) in [5, 5.41) is 22.2. The first-order valence-electron chi connectivity index (χ1n) is 9.00. The molecule has 2 aromatic carbocycles. The smallest absolute Gasteiger partial charge is 0.269 e. The second-order valence-electron chi connectivity index (χ2n) is 7.44. The van der Waals surface area contributed by atoms with Crippen molar-refractivity contribution in [2.24, 2.45) is 0 Å². The van der Waals surface area contributed by atoms with Crippen molar-refractivity contribution in [1.29, 1.82) is 0 Å². The molecule has 154 valence electrons. The Morgan fingerprint density at radius 2 is 1.62 bits per heavy atom. The highest BCUT2D eigenvalue weighted by Gasteiger charge is 2.23. The molecule has 0 N–H and O–H groups in total. The Labute approximate surface area is 170 Å². The molecule has 0 bridgehead atoms. The third-order valence-corrected chi connectivity index (χ3v) is 4.85. The molecule has 1 unspecified atom stereocenters. The zero-order valence-electron chi connectivity index (χ0n) is 16.8. The molecule has 1 atom stereocenters. The topological polar surface area (TPSA) is 105 Å². The Morgan fingerprint density at radius 1 is 1.03 bits per heavy atom. The lowest BCUT2D eigenvalue weighted by atomic mass is 9.97. The third-order valence-electron chi connectivity index (χ3n) is 4.02. The number of methoxy groups -OCH3 is 1. The Morgan fingerprint density at radius 3 is 2.07 bits per heavy atom. The van der Waals surface area contributed by atoms with E-state index in [1.54, 1.807) is 49.6 Å². The van der Waals surface area contributed by atoms with Crippen molar-refractivity contribution in [2.45, 2.75) is 25.6 Å². The van der Waals surface area contributed by atoms with Crippen LogP contribution in [0.5, 0.6) is 5.75 Å². The normalized spacial score (nSPS) is 12.9. The van der Waals surface area contributed by atoms with Gasteiger partial charge in [0.15, 0.2) is 0 Å². The number of nitro groups is 2. The van der Waals surface area contributed by atoms with E-state index in [-0.39, 0.29) is 17.2 Å². The van der Waals surface area contributed by atoms with Gasteiger partial charge in [-0.2, -0.15) is 0 Å². The minimum absolute atomic E-state index is 0.0295. The van der Waals surface area contributed by atoms with Crippen LogP contribution < -0.4 is 4.74 Å². The zero-order chi connectivity index (χ0) is 21.6. The summed E-state index contributed by atoms with van der Waals surface area (Å²) in [7, 11) is -0.499. The number of non-ortho nitro benzene ring substituents is 1. The lowest BCUT2D eigenvalue weighted by molar-refractivity contribution is -0.481. The number of nitro benzene ring substituents is 1. The van der Waals surface area contributed by atoms with Gasteiger partial charge in [0.1, 0.15) is 11.5 Å². The summed E-state index contributed by atoms with van der Waals surface area (Å²) in [6.45, 7) is 5.70. The van der Waals surface area contributed by atoms with Gasteiger partial charge >= 0.3 is 0 Å². The predicted molar refractivity (Wildman–Crippen MR) is 113 cm³/mol. The average molecular weight is 417 g/mol. The quantitative estimate of drug-likeness (QED) is 0.250. The molecule has 2 aromatic rings. The average Bonchev–Trinajstić information content (AvgIpc) is 2.65. The molecule has 0 aromatic heterocycles. The van der Waals surface area contributed by atoms with Crippen LogP contribution in [0.3, 0.4) is 0 Å². The minimum atomic E-state index is -2.05. The summed E-state index contributed by atoms with van der Waals surface area (Å²) in [5.74, 6) is 0.616. The molecule has 0 saturated carbocycles. The van der Waals surface area contributed by atoms with Gasteiger partial charge in [-0.3, -0.25) is 20.2 Å². The van der Waals surface area contributed by atoms with Crippen LogP contribution in [-0.4, -0.2) is 31.8 Å². The first kappa shape index (κ1) is 22.1. The largest absolute Gasteiger partial charge is 0.544 e. The van der Waals surface area contributed by atoms with Crippen LogP contribution in [0.15, 0.2) is 54.6 Å². The molecule has 0 amide bonds. The van der Waals surface area contributed by atoms with E-state index in [0.29, 0.717) is 17.1 Å². The molecular weight excluding hydrogens is 392 g/mol. The number of ether oxygens (including phenoxy) is 1. The van der Waals surface area contributed by atoms with E-state index in [1.165, 1.54) is 12.1 Å². The van der Waals surface area contributed by atoms with Gasteiger partial charge in [0.2, 0.25) is 14.9 Å². The highest BCUT2D eigenvalue weighted by molar-refractivity contribution is 6.70. The Hall–Kier alpha value is -3.20. The summed E-state index contributed by atoms with van der Waals surface area (Å²) < 4.78 is 11.3. The molecule has 2 rings (SSSR count). The summed E-state index contributed by atoms with van der Waals surface area (Å²) in [6.07, 6.45) is 1.73. The predicted octanol–water partition coefficient (Wildman–Crippen LogP) is 4.86. The number of hydrogen-bond donors (Lipinski definition) is 0. The lowest BCUT2D eigenvalue weighted by Crippen LogP contribution is -2.25. The molecular formula is C20H24N2O6Si. The van der Waals surface area contributed by atoms with E-state index in [2.05, 4.69) is 0 Å². The van der Waals surface area contributed by atoms with Crippen molar-refractivity contribution in [3.8, 4) is 5.75 Å². The lowest BCUT2D eigenvalue weighted by Gasteiger charge is -2.23. The van der Waals surface area contributed by atoms with E-state index < -0.39 is 19.2 Å². The third kappa shape index (κ3) is 6.72. The van der Waals surface area contributed by atoms with Gasteiger partial charge in [-0.15, -0.1) is 0 Å². The first-order chi connectivity index (χ1) is 13.6. The molecule has 9 heteroatoms. The highest BCUT2D eigenvalue weighted by atomic mass is 28.4. The van der Waals surface area contributed by atoms with E-state index >= 15 is 0 Å². The van der Waals surface area contributed by atoms with Crippen molar-refractivity contribution < 1.29 is 19.0 Å². The van der Waals surface area contributed by atoms with Gasteiger partial charge in [0.05, 0.1) is 18.0 Å². The molecule has 0 radical (unpaired) electrons. The molecule has 0 saturated heterocycles. The SMILES string of the molecule is COc1ccc(C(/C=C(\O[Si](C)(C)C)c2ccc([N+](=O)[O-])cc2)C[N+](=O)[O-])cc1. The molecule has 0 aliphatic rings. The monoisotopic (exact) mass is 416 g/mol. The maximum Gasteiger partial charge on any atom is 0.269 e. The minimum Gasteiger partial charge on any atom is -0.544 e. The van der Waals surface area contributed by atoms with Crippen LogP contribution in [-0.2, 0) is 4.43 Å². The molecule has 0 fully saturated rings. The van der Waals surface area contributed by atoms with Gasteiger partial charge in [0, 0.05) is 22.6 Å². The van der Waals surface area contributed by atoms with Crippen LogP contribution in [0.2, 0.25) is 19.6 Å². The number of rotatable bonds is 9.